The normalized spacial score (nSPS) is 10.1. The van der Waals surface area contributed by atoms with E-state index in [9.17, 15) is 45.6 Å². The summed E-state index contributed by atoms with van der Waals surface area (Å²) >= 11 is 65.6. The number of ether oxygens (including phenoxy) is 3. The molecule has 4 radical (unpaired) electrons. The van der Waals surface area contributed by atoms with Crippen LogP contribution < -0.4 is 9.47 Å². The summed E-state index contributed by atoms with van der Waals surface area (Å²) in [6, 6.07) is 23.3. The summed E-state index contributed by atoms with van der Waals surface area (Å²) in [6.07, 6.45) is 19.9. The zero-order valence-corrected chi connectivity index (χ0v) is 63.2. The van der Waals surface area contributed by atoms with E-state index in [1.807, 2.05) is 18.8 Å². The monoisotopic (exact) mass is 1630 g/mol. The first-order valence-corrected chi connectivity index (χ1v) is 37.0. The molecule has 0 unspecified atom stereocenters. The largest absolute Gasteiger partial charge is 0.493 e. The average Bonchev–Trinajstić information content (AvgIpc) is 0.779. The van der Waals surface area contributed by atoms with Crippen molar-refractivity contribution in [2.45, 2.75) is 41.1 Å². The fourth-order valence-corrected chi connectivity index (χ4v) is 11.3. The van der Waals surface area contributed by atoms with Gasteiger partial charge in [-0.15, -0.1) is 31.0 Å². The standard InChI is InChI=1S/C14H12Cl2N2O6S2.C14H12Cl2N2O2S2.C10H7Cl2O3.C8H5BrCl2O.C8H6Cl2O.C3H4S.C2H2.B2.H2/c1-7(19)24-12-11(9-5-4-8(15)6-10(9)16)17-14(26(3,22)23)18-13(12)25(2,20)21;1-7(19)20-12-11(9-5-4-8(15)6-10(9)16)17-14(22-3)18-13(12)21-2;1-6(13)15-5-10(14)8-3-2-7(11)4-9(8)12;9-4-8(12)6-2-1-5(10)3-7(6)11;1-5(11)7-3-2-6(9)4-8(7)10;1-3-4-2;2*1-2;/h4-6H,1-3H3;4-6H,1-3H3;2-4H,1,5H2;1-3H,4H2;2-4H,1H3;1H,2H3;1-2H;;1H/q;;+1;;;;;;/i;;;;;;;;1+1D. The number of ketones is 3. The van der Waals surface area contributed by atoms with E-state index < -0.39 is 59.3 Å². The van der Waals surface area contributed by atoms with Crippen LogP contribution >= 0.6 is 167 Å². The van der Waals surface area contributed by atoms with Crippen molar-refractivity contribution in [1.82, 2.24) is 19.9 Å². The second kappa shape index (κ2) is 44.9. The van der Waals surface area contributed by atoms with E-state index in [0.717, 1.165) is 19.4 Å². The van der Waals surface area contributed by atoms with Gasteiger partial charge in [0.15, 0.2) is 51.6 Å². The van der Waals surface area contributed by atoms with Crippen molar-refractivity contribution >= 4 is 238 Å². The predicted molar refractivity (Wildman–Crippen MR) is 391 cm³/mol. The Labute approximate surface area is 622 Å². The summed E-state index contributed by atoms with van der Waals surface area (Å²) in [7, 11) is -0.0540. The fraction of sp³-hybridized carbons (Fsp3) is 0.169. The molecule has 5 aromatic carbocycles. The van der Waals surface area contributed by atoms with Crippen LogP contribution in [0.2, 0.25) is 50.2 Å². The van der Waals surface area contributed by atoms with Crippen LogP contribution in [0.15, 0.2) is 111 Å². The van der Waals surface area contributed by atoms with Gasteiger partial charge in [-0.2, -0.15) is 4.79 Å². The molecule has 2 heterocycles. The number of nitrogens with zero attached hydrogens (tertiary/aromatic N) is 4. The first-order valence-electron chi connectivity index (χ1n) is 25.7. The zero-order chi connectivity index (χ0) is 74.5. The van der Waals surface area contributed by atoms with E-state index in [0.29, 0.717) is 73.5 Å². The molecule has 17 nitrogen and oxygen atoms in total. The number of thioether (sulfide) groups is 3. The molecule has 0 amide bonds. The maximum absolute atomic E-state index is 12.1. The molecule has 0 saturated carbocycles. The SMILES string of the molecule is C#C.C#CSC.CC(=O)Oc1c(-c2ccc(Cl)cc2Cl)nc(S(C)(=O)=O)nc1S(C)(=O)=O.CC(=O)c1ccc(Cl)cc1Cl.CSc1nc(SC)c(OC(C)=O)c(-c2ccc(Cl)cc2Cl)n1.O=C(CBr)c1ccc(Cl)cc1Cl.[2H][2H].[B][B].[CH2+]C(=O)OCC(=O)c1ccc(Cl)cc1Cl. The van der Waals surface area contributed by atoms with E-state index in [1.165, 1.54) is 85.5 Å². The third-order valence-electron chi connectivity index (χ3n) is 9.93. The minimum absolute atomic E-state index is 0.0448. The molecule has 7 aromatic rings. The number of aromatic nitrogens is 4. The highest BCUT2D eigenvalue weighted by molar-refractivity contribution is 9.09. The van der Waals surface area contributed by atoms with Crippen molar-refractivity contribution in [3.8, 4) is 58.5 Å². The Morgan fingerprint density at radius 3 is 1.27 bits per heavy atom. The molecular weight excluding hydrogens is 1590 g/mol. The number of carbonyl (C=O) groups is 6. The smallest absolute Gasteiger partial charge is 0.422 e. The van der Waals surface area contributed by atoms with Gasteiger partial charge in [-0.25, -0.2) is 36.8 Å². The zero-order valence-electron chi connectivity index (χ0n) is 52.0. The molecule has 0 N–H and O–H groups in total. The van der Waals surface area contributed by atoms with Crippen molar-refractivity contribution in [3.05, 3.63) is 165 Å². The van der Waals surface area contributed by atoms with Gasteiger partial charge in [0.25, 0.3) is 0 Å². The van der Waals surface area contributed by atoms with Crippen LogP contribution in [0.3, 0.4) is 0 Å². The highest BCUT2D eigenvalue weighted by atomic mass is 79.9. The summed E-state index contributed by atoms with van der Waals surface area (Å²) in [5.74, 6) is -2.75. The van der Waals surface area contributed by atoms with Crippen LogP contribution in [0.1, 0.15) is 54.8 Å². The molecule has 0 aliphatic rings. The van der Waals surface area contributed by atoms with Gasteiger partial charge in [0, 0.05) is 97.7 Å². The lowest BCUT2D eigenvalue weighted by Gasteiger charge is -2.14. The Morgan fingerprint density at radius 1 is 0.574 bits per heavy atom. The fourth-order valence-electron chi connectivity index (χ4n) is 6.17. The average molecular weight is 1640 g/mol. The van der Waals surface area contributed by atoms with Gasteiger partial charge >= 0.3 is 17.9 Å². The Bertz CT molecular complexity index is 4180. The Balaban J connectivity index is 0. The van der Waals surface area contributed by atoms with E-state index in [1.54, 1.807) is 54.6 Å². The van der Waals surface area contributed by atoms with Crippen molar-refractivity contribution < 1.29 is 62.8 Å². The number of benzene rings is 5. The van der Waals surface area contributed by atoms with Gasteiger partial charge in [0.05, 0.1) is 30.4 Å². The van der Waals surface area contributed by atoms with Gasteiger partial charge in [-0.05, 0) is 122 Å². The maximum Gasteiger partial charge on any atom is 0.493 e. The second-order valence-electron chi connectivity index (χ2n) is 16.8. The number of terminal acetylenes is 2. The van der Waals surface area contributed by atoms with Gasteiger partial charge in [-0.3, -0.25) is 24.0 Å². The number of Topliss-reactive ketones (excluding diaryl/α,β-unsaturated/α-hetero) is 3. The molecule has 0 saturated heterocycles. The molecule has 496 valence electrons. The molecule has 0 bridgehead atoms. The van der Waals surface area contributed by atoms with Crippen molar-refractivity contribution in [2.24, 2.45) is 0 Å². The molecule has 2 aromatic heterocycles. The molecule has 0 aliphatic heterocycles. The Kier molecular flexibility index (Phi) is 41.6. The van der Waals surface area contributed by atoms with E-state index >= 15 is 0 Å². The molecule has 0 fully saturated rings. The summed E-state index contributed by atoms with van der Waals surface area (Å²) < 4.78 is 72.7. The summed E-state index contributed by atoms with van der Waals surface area (Å²) in [5, 5.41) is 6.09. The lowest BCUT2D eigenvalue weighted by molar-refractivity contribution is -0.137. The van der Waals surface area contributed by atoms with Gasteiger partial charge in [0.1, 0.15) is 16.4 Å². The first-order chi connectivity index (χ1) is 44.9. The summed E-state index contributed by atoms with van der Waals surface area (Å²) in [5.41, 5.74) is 2.23. The lowest BCUT2D eigenvalue weighted by Crippen LogP contribution is -2.15. The van der Waals surface area contributed by atoms with Crippen LogP contribution in [0, 0.1) is 31.4 Å². The second-order valence-corrected chi connectivity index (χ2v) is 27.6. The van der Waals surface area contributed by atoms with E-state index in [2.05, 4.69) is 81.1 Å². The van der Waals surface area contributed by atoms with E-state index in [-0.39, 0.29) is 55.4 Å². The third kappa shape index (κ3) is 31.1. The Morgan fingerprint density at radius 2 is 0.947 bits per heavy atom. The highest BCUT2D eigenvalue weighted by Crippen LogP contribution is 2.41. The first kappa shape index (κ1) is 87.1. The number of carbonyl (C=O) groups excluding carboxylic acids is 6. The number of halogens is 11. The molecule has 94 heavy (non-hydrogen) atoms. The molecule has 0 atom stereocenters. The number of hydrogen-bond donors (Lipinski definition) is 0. The molecule has 7 rings (SSSR count). The summed E-state index contributed by atoms with van der Waals surface area (Å²) in [4.78, 5) is 83.0. The Hall–Kier alpha value is -4.87. The number of esters is 3. The minimum atomic E-state index is -4.08. The molecular formula is C59H50B2BrCl10N4O13S5+. The number of rotatable bonds is 14. The van der Waals surface area contributed by atoms with E-state index in [4.69, 9.17) is 135 Å². The topological polar surface area (TPSA) is 250 Å². The van der Waals surface area contributed by atoms with Gasteiger partial charge in [-0.1, -0.05) is 155 Å². The number of hydrogen-bond acceptors (Lipinski definition) is 20. The van der Waals surface area contributed by atoms with Gasteiger partial charge < -0.3 is 14.2 Å². The maximum atomic E-state index is 12.1. The van der Waals surface area contributed by atoms with Crippen LogP contribution in [0.25, 0.3) is 22.5 Å². The molecule has 35 heteroatoms. The van der Waals surface area contributed by atoms with Crippen LogP contribution in [-0.4, -0.2) is 131 Å². The van der Waals surface area contributed by atoms with Crippen LogP contribution in [0.4, 0.5) is 0 Å². The van der Waals surface area contributed by atoms with Crippen LogP contribution in [-0.2, 0) is 38.8 Å². The van der Waals surface area contributed by atoms with Crippen LogP contribution in [0.5, 0.6) is 11.5 Å². The van der Waals surface area contributed by atoms with Crippen molar-refractivity contribution in [2.75, 3.05) is 43.2 Å². The quantitative estimate of drug-likeness (QED) is 0.0113. The van der Waals surface area contributed by atoms with Crippen molar-refractivity contribution in [3.63, 3.8) is 0 Å². The number of sulfone groups is 2. The molecule has 0 aliphatic carbocycles. The van der Waals surface area contributed by atoms with Gasteiger partial charge in [0.2, 0.25) is 25.8 Å². The minimum Gasteiger partial charge on any atom is -0.422 e. The predicted octanol–water partition coefficient (Wildman–Crippen LogP) is 17.0. The molecule has 0 spiro atoms. The van der Waals surface area contributed by atoms with Crippen molar-refractivity contribution in [1.29, 1.82) is 0 Å². The lowest BCUT2D eigenvalue weighted by atomic mass is 9.81. The number of alkyl halides is 1. The highest BCUT2D eigenvalue weighted by Gasteiger charge is 2.30. The third-order valence-corrected chi connectivity index (χ3v) is 16.4. The summed E-state index contributed by atoms with van der Waals surface area (Å²) in [6.45, 7) is 6.45.